The van der Waals surface area contributed by atoms with Crippen LogP contribution in [0.3, 0.4) is 0 Å². The highest BCUT2D eigenvalue weighted by molar-refractivity contribution is 9.10. The maximum atomic E-state index is 13.8. The second-order valence-corrected chi connectivity index (χ2v) is 7.70. The molecule has 0 spiro atoms. The summed E-state index contributed by atoms with van der Waals surface area (Å²) in [6.45, 7) is -0.503. The van der Waals surface area contributed by atoms with E-state index in [2.05, 4.69) is 15.9 Å². The largest absolute Gasteiger partial charge is 0.489 e. The summed E-state index contributed by atoms with van der Waals surface area (Å²) in [5.41, 5.74) is -2.14. The summed E-state index contributed by atoms with van der Waals surface area (Å²) in [6, 6.07) is 12.7. The average molecular weight is 511 g/mol. The predicted octanol–water partition coefficient (Wildman–Crippen LogP) is 7.10. The second-order valence-electron chi connectivity index (χ2n) is 6.79. The lowest BCUT2D eigenvalue weighted by Crippen LogP contribution is -2.16. The van der Waals surface area contributed by atoms with Crippen LogP contribution < -0.4 is 10.2 Å². The molecule has 3 aromatic carbocycles. The monoisotopic (exact) mass is 510 g/mol. The normalized spacial score (nSPS) is 11.7. The van der Waals surface area contributed by atoms with Gasteiger partial charge in [0.1, 0.15) is 29.6 Å². The van der Waals surface area contributed by atoms with Gasteiger partial charge in [0.15, 0.2) is 0 Å². The first-order valence-electron chi connectivity index (χ1n) is 9.15. The average Bonchev–Trinajstić information content (AvgIpc) is 2.73. The van der Waals surface area contributed by atoms with Crippen molar-refractivity contribution in [1.82, 2.24) is 0 Å². The Morgan fingerprint density at radius 3 is 2.22 bits per heavy atom. The van der Waals surface area contributed by atoms with Gasteiger partial charge in [-0.25, -0.2) is 8.78 Å². The zero-order valence-corrected chi connectivity index (χ0v) is 17.6. The van der Waals surface area contributed by atoms with Gasteiger partial charge in [-0.05, 0) is 42.0 Å². The van der Waals surface area contributed by atoms with Crippen molar-refractivity contribution < 1.29 is 31.1 Å². The van der Waals surface area contributed by atoms with Gasteiger partial charge in [0.2, 0.25) is 11.2 Å². The molecule has 0 atom stereocenters. The molecule has 0 fully saturated rings. The molecule has 1 heterocycles. The van der Waals surface area contributed by atoms with E-state index in [4.69, 9.17) is 9.15 Å². The fourth-order valence-electron chi connectivity index (χ4n) is 3.17. The first-order chi connectivity index (χ1) is 15.1. The Bertz CT molecular complexity index is 1340. The van der Waals surface area contributed by atoms with Crippen LogP contribution >= 0.6 is 15.9 Å². The smallest absolute Gasteiger partial charge is 0.450 e. The van der Waals surface area contributed by atoms with E-state index in [1.165, 1.54) is 42.5 Å². The Kier molecular flexibility index (Phi) is 5.77. The molecular weight excluding hydrogens is 499 g/mol. The minimum atomic E-state index is -4.94. The molecule has 0 aliphatic carbocycles. The zero-order chi connectivity index (χ0) is 23.0. The lowest BCUT2D eigenvalue weighted by molar-refractivity contribution is -0.152. The minimum absolute atomic E-state index is 0.0205. The molecule has 0 saturated carbocycles. The van der Waals surface area contributed by atoms with Crippen LogP contribution in [-0.2, 0) is 12.8 Å². The van der Waals surface area contributed by atoms with Crippen LogP contribution in [0.5, 0.6) is 5.75 Å². The summed E-state index contributed by atoms with van der Waals surface area (Å²) in [7, 11) is 0. The van der Waals surface area contributed by atoms with E-state index in [9.17, 15) is 26.7 Å². The Morgan fingerprint density at radius 2 is 1.59 bits per heavy atom. The lowest BCUT2D eigenvalue weighted by Gasteiger charge is -2.14. The van der Waals surface area contributed by atoms with E-state index in [1.807, 2.05) is 0 Å². The Morgan fingerprint density at radius 1 is 0.938 bits per heavy atom. The van der Waals surface area contributed by atoms with E-state index in [0.717, 1.165) is 18.2 Å². The highest BCUT2D eigenvalue weighted by Gasteiger charge is 2.39. The van der Waals surface area contributed by atoms with Crippen molar-refractivity contribution in [2.24, 2.45) is 0 Å². The summed E-state index contributed by atoms with van der Waals surface area (Å²) < 4.78 is 79.8. The Balaban J connectivity index is 1.79. The molecule has 0 amide bonds. The highest BCUT2D eigenvalue weighted by Crippen LogP contribution is 2.38. The van der Waals surface area contributed by atoms with Gasteiger partial charge in [0, 0.05) is 10.5 Å². The molecule has 1 aromatic heterocycles. The van der Waals surface area contributed by atoms with Crippen molar-refractivity contribution in [2.45, 2.75) is 12.8 Å². The first kappa shape index (κ1) is 22.0. The van der Waals surface area contributed by atoms with Crippen molar-refractivity contribution in [3.63, 3.8) is 0 Å². The van der Waals surface area contributed by atoms with Crippen LogP contribution in [0.1, 0.15) is 11.3 Å². The Labute approximate surface area is 186 Å². The molecule has 0 N–H and O–H groups in total. The number of hydrogen-bond donors (Lipinski definition) is 0. The molecule has 4 aromatic rings. The Hall–Kier alpha value is -3.20. The number of alkyl halides is 3. The second kappa shape index (κ2) is 8.38. The molecule has 0 saturated heterocycles. The van der Waals surface area contributed by atoms with E-state index < -0.39 is 41.2 Å². The quantitative estimate of drug-likeness (QED) is 0.275. The van der Waals surface area contributed by atoms with Crippen molar-refractivity contribution in [3.8, 4) is 16.9 Å². The van der Waals surface area contributed by atoms with Gasteiger partial charge in [-0.1, -0.05) is 34.1 Å². The van der Waals surface area contributed by atoms with Gasteiger partial charge in [-0.15, -0.1) is 0 Å². The maximum absolute atomic E-state index is 13.8. The number of ether oxygens (including phenoxy) is 1. The molecule has 0 unspecified atom stereocenters. The van der Waals surface area contributed by atoms with Crippen LogP contribution in [-0.4, -0.2) is 0 Å². The number of halogens is 6. The topological polar surface area (TPSA) is 39.4 Å². The summed E-state index contributed by atoms with van der Waals surface area (Å²) >= 11 is 3.20. The summed E-state index contributed by atoms with van der Waals surface area (Å²) in [5, 5.41) is -0.0969. The van der Waals surface area contributed by atoms with Gasteiger partial charge in [0.25, 0.3) is 0 Å². The van der Waals surface area contributed by atoms with Crippen LogP contribution in [0.2, 0.25) is 0 Å². The molecular formula is C23H12BrF5O3. The molecule has 3 nitrogen and oxygen atoms in total. The van der Waals surface area contributed by atoms with Crippen molar-refractivity contribution in [3.05, 3.63) is 98.3 Å². The minimum Gasteiger partial charge on any atom is -0.489 e. The third-order valence-corrected chi connectivity index (χ3v) is 5.23. The molecule has 0 aliphatic rings. The van der Waals surface area contributed by atoms with Gasteiger partial charge in [0.05, 0.1) is 16.5 Å². The van der Waals surface area contributed by atoms with E-state index in [1.54, 1.807) is 0 Å². The summed E-state index contributed by atoms with van der Waals surface area (Å²) in [5.74, 6) is -3.12. The van der Waals surface area contributed by atoms with Gasteiger partial charge in [-0.3, -0.25) is 4.79 Å². The third-order valence-electron chi connectivity index (χ3n) is 4.70. The fraction of sp³-hybridized carbons (Fsp3) is 0.0870. The van der Waals surface area contributed by atoms with E-state index >= 15 is 0 Å². The standard InChI is InChI=1S/C23H12BrF5O3/c24-13-6-4-12(5-7-13)20-21(30)15-9-8-14(10-19(15)32-22(20)23(27,28)29)31-11-16-17(25)2-1-3-18(16)26/h1-10H,11H2. The van der Waals surface area contributed by atoms with Crippen molar-refractivity contribution in [1.29, 1.82) is 0 Å². The number of benzene rings is 3. The first-order valence-corrected chi connectivity index (χ1v) is 9.94. The molecule has 0 aliphatic heterocycles. The van der Waals surface area contributed by atoms with Crippen LogP contribution in [0.4, 0.5) is 22.0 Å². The summed E-state index contributed by atoms with van der Waals surface area (Å²) in [6.07, 6.45) is -4.94. The van der Waals surface area contributed by atoms with Crippen molar-refractivity contribution in [2.75, 3.05) is 0 Å². The number of hydrogen-bond acceptors (Lipinski definition) is 3. The molecule has 4 rings (SSSR count). The highest BCUT2D eigenvalue weighted by atomic mass is 79.9. The van der Waals surface area contributed by atoms with Crippen LogP contribution in [0.25, 0.3) is 22.1 Å². The van der Waals surface area contributed by atoms with Gasteiger partial charge < -0.3 is 9.15 Å². The predicted molar refractivity (Wildman–Crippen MR) is 111 cm³/mol. The molecule has 32 heavy (non-hydrogen) atoms. The lowest BCUT2D eigenvalue weighted by atomic mass is 10.0. The van der Waals surface area contributed by atoms with Gasteiger partial charge >= 0.3 is 6.18 Å². The molecule has 0 radical (unpaired) electrons. The molecule has 9 heteroatoms. The summed E-state index contributed by atoms with van der Waals surface area (Å²) in [4.78, 5) is 12.9. The fourth-order valence-corrected chi connectivity index (χ4v) is 3.43. The molecule has 164 valence electrons. The third kappa shape index (κ3) is 4.25. The van der Waals surface area contributed by atoms with Crippen LogP contribution in [0.15, 0.2) is 74.3 Å². The number of fused-ring (bicyclic) bond motifs is 1. The SMILES string of the molecule is O=c1c(-c2ccc(Br)cc2)c(C(F)(F)F)oc2cc(OCc3c(F)cccc3F)ccc12. The molecule has 0 bridgehead atoms. The maximum Gasteiger partial charge on any atom is 0.450 e. The van der Waals surface area contributed by atoms with Crippen molar-refractivity contribution >= 4 is 26.9 Å². The van der Waals surface area contributed by atoms with Crippen LogP contribution in [0, 0.1) is 11.6 Å². The number of rotatable bonds is 4. The van der Waals surface area contributed by atoms with Gasteiger partial charge in [-0.2, -0.15) is 13.2 Å². The zero-order valence-electron chi connectivity index (χ0n) is 16.0. The van der Waals surface area contributed by atoms with E-state index in [0.29, 0.717) is 4.47 Å². The van der Waals surface area contributed by atoms with E-state index in [-0.39, 0.29) is 27.8 Å².